The maximum atomic E-state index is 13.8. The molecule has 1 amide bonds. The first-order chi connectivity index (χ1) is 16.2. The van der Waals surface area contributed by atoms with Gasteiger partial charge in [-0.05, 0) is 30.7 Å². The molecule has 0 atom stereocenters. The molecule has 0 unspecified atom stereocenters. The van der Waals surface area contributed by atoms with Gasteiger partial charge < -0.3 is 14.2 Å². The molecule has 1 aliphatic rings. The highest BCUT2D eigenvalue weighted by atomic mass is 19.4. The minimum atomic E-state index is -4.38. The SMILES string of the molecule is Cc1onc(C(=O)N2CCN(Cc3cccc(C(F)(F)F)c3)CC2)c1COc1ccccc1F. The molecule has 3 aromatic rings. The van der Waals surface area contributed by atoms with E-state index in [2.05, 4.69) is 5.16 Å². The van der Waals surface area contributed by atoms with E-state index in [-0.39, 0.29) is 24.0 Å². The molecule has 1 saturated heterocycles. The molecule has 2 heterocycles. The lowest BCUT2D eigenvalue weighted by atomic mass is 10.1. The Morgan fingerprint density at radius 3 is 2.53 bits per heavy atom. The second-order valence-electron chi connectivity index (χ2n) is 8.05. The number of hydrogen-bond acceptors (Lipinski definition) is 5. The van der Waals surface area contributed by atoms with E-state index >= 15 is 0 Å². The van der Waals surface area contributed by atoms with Crippen LogP contribution in [0.25, 0.3) is 0 Å². The summed E-state index contributed by atoms with van der Waals surface area (Å²) in [7, 11) is 0. The number of nitrogens with zero attached hydrogens (tertiary/aromatic N) is 3. The average Bonchev–Trinajstić information content (AvgIpc) is 3.18. The van der Waals surface area contributed by atoms with Crippen molar-refractivity contribution in [3.05, 3.63) is 82.5 Å². The minimum Gasteiger partial charge on any atom is -0.486 e. The number of halogens is 4. The standard InChI is InChI=1S/C24H23F4N3O3/c1-16-19(15-33-21-8-3-2-7-20(21)25)22(29-34-16)23(32)31-11-9-30(10-12-31)14-17-5-4-6-18(13-17)24(26,27)28/h2-8,13H,9-12,14-15H2,1H3. The van der Waals surface area contributed by atoms with Crippen LogP contribution in [-0.2, 0) is 19.3 Å². The van der Waals surface area contributed by atoms with E-state index in [4.69, 9.17) is 9.26 Å². The molecule has 1 fully saturated rings. The van der Waals surface area contributed by atoms with Crippen LogP contribution in [-0.4, -0.2) is 47.0 Å². The van der Waals surface area contributed by atoms with E-state index in [9.17, 15) is 22.4 Å². The zero-order valence-electron chi connectivity index (χ0n) is 18.4. The maximum absolute atomic E-state index is 13.8. The Morgan fingerprint density at radius 1 is 1.09 bits per heavy atom. The van der Waals surface area contributed by atoms with Crippen LogP contribution in [0.2, 0.25) is 0 Å². The Balaban J connectivity index is 1.36. The van der Waals surface area contributed by atoms with Crippen LogP contribution in [0, 0.1) is 12.7 Å². The van der Waals surface area contributed by atoms with E-state index in [1.807, 2.05) is 4.90 Å². The van der Waals surface area contributed by atoms with Gasteiger partial charge in [0.15, 0.2) is 17.3 Å². The second kappa shape index (κ2) is 9.84. The fraction of sp³-hybridized carbons (Fsp3) is 0.333. The molecule has 10 heteroatoms. The van der Waals surface area contributed by atoms with Crippen LogP contribution in [0.15, 0.2) is 53.1 Å². The van der Waals surface area contributed by atoms with E-state index in [1.54, 1.807) is 30.0 Å². The molecular formula is C24H23F4N3O3. The Hall–Kier alpha value is -3.40. The molecule has 1 aliphatic heterocycles. The zero-order valence-corrected chi connectivity index (χ0v) is 18.4. The summed E-state index contributed by atoms with van der Waals surface area (Å²) in [5.74, 6) is -0.378. The van der Waals surface area contributed by atoms with Crippen molar-refractivity contribution in [2.45, 2.75) is 26.3 Å². The first-order valence-electron chi connectivity index (χ1n) is 10.7. The van der Waals surface area contributed by atoms with Crippen LogP contribution in [0.4, 0.5) is 17.6 Å². The van der Waals surface area contributed by atoms with Crippen molar-refractivity contribution in [1.29, 1.82) is 0 Å². The Bertz CT molecular complexity index is 1150. The number of para-hydroxylation sites is 1. The first-order valence-corrected chi connectivity index (χ1v) is 10.7. The zero-order chi connectivity index (χ0) is 24.3. The highest BCUT2D eigenvalue weighted by Crippen LogP contribution is 2.30. The number of piperazine rings is 1. The summed E-state index contributed by atoms with van der Waals surface area (Å²) in [6.07, 6.45) is -4.38. The smallest absolute Gasteiger partial charge is 0.416 e. The Kier molecular flexibility index (Phi) is 6.87. The summed E-state index contributed by atoms with van der Waals surface area (Å²) in [6, 6.07) is 11.2. The van der Waals surface area contributed by atoms with Crippen molar-refractivity contribution in [3.8, 4) is 5.75 Å². The third-order valence-electron chi connectivity index (χ3n) is 5.72. The molecule has 1 aromatic heterocycles. The maximum Gasteiger partial charge on any atom is 0.416 e. The van der Waals surface area contributed by atoms with Gasteiger partial charge in [-0.25, -0.2) is 4.39 Å². The molecule has 0 saturated carbocycles. The first kappa shape index (κ1) is 23.7. The summed E-state index contributed by atoms with van der Waals surface area (Å²) < 4.78 is 63.4. The topological polar surface area (TPSA) is 58.8 Å². The summed E-state index contributed by atoms with van der Waals surface area (Å²) >= 11 is 0. The highest BCUT2D eigenvalue weighted by molar-refractivity contribution is 5.93. The van der Waals surface area contributed by atoms with Gasteiger partial charge in [0, 0.05) is 32.7 Å². The minimum absolute atomic E-state index is 0.0599. The number of hydrogen-bond donors (Lipinski definition) is 0. The molecule has 0 bridgehead atoms. The number of alkyl halides is 3. The Morgan fingerprint density at radius 2 is 1.82 bits per heavy atom. The highest BCUT2D eigenvalue weighted by Gasteiger charge is 2.31. The normalized spacial score (nSPS) is 14.9. The lowest BCUT2D eigenvalue weighted by Gasteiger charge is -2.34. The molecule has 180 valence electrons. The van der Waals surface area contributed by atoms with Crippen LogP contribution in [0.1, 0.15) is 32.9 Å². The van der Waals surface area contributed by atoms with Gasteiger partial charge in [-0.3, -0.25) is 9.69 Å². The average molecular weight is 477 g/mol. The van der Waals surface area contributed by atoms with E-state index < -0.39 is 17.6 Å². The summed E-state index contributed by atoms with van der Waals surface area (Å²) in [4.78, 5) is 16.7. The van der Waals surface area contributed by atoms with Crippen LogP contribution in [0.5, 0.6) is 5.75 Å². The third kappa shape index (κ3) is 5.39. The monoisotopic (exact) mass is 477 g/mol. The van der Waals surface area contributed by atoms with Gasteiger partial charge in [0.1, 0.15) is 12.4 Å². The van der Waals surface area contributed by atoms with E-state index in [0.717, 1.165) is 12.1 Å². The summed E-state index contributed by atoms with van der Waals surface area (Å²) in [5.41, 5.74) is 0.444. The van der Waals surface area contributed by atoms with Gasteiger partial charge in [-0.1, -0.05) is 35.5 Å². The number of rotatable bonds is 6. The van der Waals surface area contributed by atoms with Crippen molar-refractivity contribution < 1.29 is 31.6 Å². The molecule has 0 aliphatic carbocycles. The fourth-order valence-corrected chi connectivity index (χ4v) is 3.80. The molecule has 6 nitrogen and oxygen atoms in total. The number of aryl methyl sites for hydroxylation is 1. The second-order valence-corrected chi connectivity index (χ2v) is 8.05. The number of benzene rings is 2. The molecule has 34 heavy (non-hydrogen) atoms. The number of carbonyl (C=O) groups excluding carboxylic acids is 1. The molecule has 0 N–H and O–H groups in total. The van der Waals surface area contributed by atoms with E-state index in [0.29, 0.717) is 49.6 Å². The number of aromatic nitrogens is 1. The number of carbonyl (C=O) groups is 1. The largest absolute Gasteiger partial charge is 0.486 e. The third-order valence-corrected chi connectivity index (χ3v) is 5.72. The van der Waals surface area contributed by atoms with Gasteiger partial charge in [-0.2, -0.15) is 13.2 Å². The predicted octanol–water partition coefficient (Wildman–Crippen LogP) is 4.68. The van der Waals surface area contributed by atoms with Crippen molar-refractivity contribution in [2.75, 3.05) is 26.2 Å². The van der Waals surface area contributed by atoms with Crippen molar-refractivity contribution >= 4 is 5.91 Å². The lowest BCUT2D eigenvalue weighted by molar-refractivity contribution is -0.137. The lowest BCUT2D eigenvalue weighted by Crippen LogP contribution is -2.48. The fourth-order valence-electron chi connectivity index (χ4n) is 3.80. The van der Waals surface area contributed by atoms with Gasteiger partial charge in [0.2, 0.25) is 0 Å². The summed E-state index contributed by atoms with van der Waals surface area (Å²) in [5, 5.41) is 3.88. The van der Waals surface area contributed by atoms with Crippen LogP contribution < -0.4 is 4.74 Å². The van der Waals surface area contributed by atoms with Gasteiger partial charge in [-0.15, -0.1) is 0 Å². The predicted molar refractivity (Wildman–Crippen MR) is 115 cm³/mol. The van der Waals surface area contributed by atoms with Crippen molar-refractivity contribution in [1.82, 2.24) is 15.0 Å². The molecule has 0 radical (unpaired) electrons. The number of amides is 1. The molecule has 2 aromatic carbocycles. The molecule has 0 spiro atoms. The molecule has 4 rings (SSSR count). The number of ether oxygens (including phenoxy) is 1. The van der Waals surface area contributed by atoms with Crippen molar-refractivity contribution in [3.63, 3.8) is 0 Å². The van der Waals surface area contributed by atoms with Gasteiger partial charge in [0.05, 0.1) is 11.1 Å². The summed E-state index contributed by atoms with van der Waals surface area (Å²) in [6.45, 7) is 3.70. The van der Waals surface area contributed by atoms with Gasteiger partial charge in [0.25, 0.3) is 5.91 Å². The van der Waals surface area contributed by atoms with E-state index in [1.165, 1.54) is 18.2 Å². The molecular weight excluding hydrogens is 454 g/mol. The van der Waals surface area contributed by atoms with Gasteiger partial charge >= 0.3 is 6.18 Å². The van der Waals surface area contributed by atoms with Crippen LogP contribution >= 0.6 is 0 Å². The quantitative estimate of drug-likeness (QED) is 0.483. The van der Waals surface area contributed by atoms with Crippen LogP contribution in [0.3, 0.4) is 0 Å². The van der Waals surface area contributed by atoms with Crippen molar-refractivity contribution in [2.24, 2.45) is 0 Å². The Labute approximate surface area is 193 Å².